The van der Waals surface area contributed by atoms with E-state index in [0.29, 0.717) is 6.54 Å². The second-order valence-corrected chi connectivity index (χ2v) is 6.52. The van der Waals surface area contributed by atoms with Crippen LogP contribution >= 0.6 is 0 Å². The number of hydrogen-bond donors (Lipinski definition) is 3. The van der Waals surface area contributed by atoms with Crippen molar-refractivity contribution in [2.75, 3.05) is 6.61 Å². The van der Waals surface area contributed by atoms with E-state index in [1.165, 1.54) is 5.56 Å². The Morgan fingerprint density at radius 1 is 0.920 bits per heavy atom. The molecule has 3 N–H and O–H groups in total. The Balaban J connectivity index is 1.75. The number of nitrogens with zero attached hydrogens (tertiary/aromatic N) is 1. The standard InChI is InChI=1S/C20H21NO4/c22-17-12-25-20(19(24)18(17)23)15-11-21(10-13-6-2-1-3-7-13)16-9-5-4-8-14(15)16/h1-9,11,17-20,22-24H,10,12H2/t17-,18+,19-,20+/m1/s1. The van der Waals surface area contributed by atoms with Gasteiger partial charge in [0, 0.05) is 29.2 Å². The van der Waals surface area contributed by atoms with E-state index in [1.54, 1.807) is 0 Å². The van der Waals surface area contributed by atoms with Crippen LogP contribution in [0.1, 0.15) is 17.2 Å². The number of para-hydroxylation sites is 1. The number of ether oxygens (including phenoxy) is 1. The largest absolute Gasteiger partial charge is 0.388 e. The van der Waals surface area contributed by atoms with E-state index in [1.807, 2.05) is 48.7 Å². The Hall–Kier alpha value is -2.18. The minimum absolute atomic E-state index is 0.00108. The maximum Gasteiger partial charge on any atom is 0.113 e. The number of hydrogen-bond acceptors (Lipinski definition) is 4. The summed E-state index contributed by atoms with van der Waals surface area (Å²) in [5.74, 6) is 0. The topological polar surface area (TPSA) is 74.9 Å². The first-order chi connectivity index (χ1) is 12.1. The smallest absolute Gasteiger partial charge is 0.113 e. The molecule has 0 saturated carbocycles. The van der Waals surface area contributed by atoms with Crippen molar-refractivity contribution in [3.8, 4) is 0 Å². The zero-order valence-electron chi connectivity index (χ0n) is 13.7. The summed E-state index contributed by atoms with van der Waals surface area (Å²) in [4.78, 5) is 0. The number of benzene rings is 2. The van der Waals surface area contributed by atoms with Gasteiger partial charge < -0.3 is 24.6 Å². The molecule has 1 aliphatic rings. The van der Waals surface area contributed by atoms with Crippen LogP contribution in [0.4, 0.5) is 0 Å². The van der Waals surface area contributed by atoms with Gasteiger partial charge in [-0.05, 0) is 11.6 Å². The molecule has 1 fully saturated rings. The molecular formula is C20H21NO4. The second kappa shape index (κ2) is 6.61. The summed E-state index contributed by atoms with van der Waals surface area (Å²) in [6, 6.07) is 18.1. The quantitative estimate of drug-likeness (QED) is 0.681. The van der Waals surface area contributed by atoms with E-state index >= 15 is 0 Å². The van der Waals surface area contributed by atoms with E-state index in [0.717, 1.165) is 16.5 Å². The molecule has 1 saturated heterocycles. The highest BCUT2D eigenvalue weighted by molar-refractivity contribution is 5.84. The fraction of sp³-hybridized carbons (Fsp3) is 0.300. The molecule has 0 bridgehead atoms. The molecule has 3 aromatic rings. The average Bonchev–Trinajstić information content (AvgIpc) is 2.99. The Morgan fingerprint density at radius 2 is 1.64 bits per heavy atom. The van der Waals surface area contributed by atoms with Gasteiger partial charge in [0.1, 0.15) is 24.4 Å². The van der Waals surface area contributed by atoms with Crippen molar-refractivity contribution >= 4 is 10.9 Å². The molecular weight excluding hydrogens is 318 g/mol. The van der Waals surface area contributed by atoms with Gasteiger partial charge >= 0.3 is 0 Å². The summed E-state index contributed by atoms with van der Waals surface area (Å²) in [6.07, 6.45) is -2.14. The van der Waals surface area contributed by atoms with Crippen molar-refractivity contribution in [1.29, 1.82) is 0 Å². The Bertz CT molecular complexity index is 861. The van der Waals surface area contributed by atoms with Gasteiger partial charge in [0.25, 0.3) is 0 Å². The third kappa shape index (κ3) is 2.96. The summed E-state index contributed by atoms with van der Waals surface area (Å²) in [5.41, 5.74) is 3.04. The normalized spacial score (nSPS) is 26.8. The Kier molecular flexibility index (Phi) is 4.31. The molecule has 1 aromatic heterocycles. The van der Waals surface area contributed by atoms with Crippen molar-refractivity contribution < 1.29 is 20.1 Å². The Labute approximate surface area is 145 Å². The lowest BCUT2D eigenvalue weighted by atomic mass is 9.94. The number of aliphatic hydroxyl groups is 3. The molecule has 4 rings (SSSR count). The molecule has 2 heterocycles. The summed E-state index contributed by atoms with van der Waals surface area (Å²) < 4.78 is 7.78. The third-order valence-corrected chi connectivity index (χ3v) is 4.82. The van der Waals surface area contributed by atoms with Gasteiger partial charge in [0.15, 0.2) is 0 Å². The summed E-state index contributed by atoms with van der Waals surface area (Å²) in [6.45, 7) is 0.705. The molecule has 1 aliphatic heterocycles. The molecule has 0 radical (unpaired) electrons. The van der Waals surface area contributed by atoms with Crippen LogP contribution in [0.3, 0.4) is 0 Å². The minimum atomic E-state index is -1.21. The van der Waals surface area contributed by atoms with E-state index in [-0.39, 0.29) is 6.61 Å². The van der Waals surface area contributed by atoms with Crippen LogP contribution in [0.25, 0.3) is 10.9 Å². The summed E-state index contributed by atoms with van der Waals surface area (Å²) in [5, 5.41) is 31.0. The highest BCUT2D eigenvalue weighted by Crippen LogP contribution is 2.35. The minimum Gasteiger partial charge on any atom is -0.388 e. The molecule has 0 amide bonds. The van der Waals surface area contributed by atoms with Crippen molar-refractivity contribution in [1.82, 2.24) is 4.57 Å². The third-order valence-electron chi connectivity index (χ3n) is 4.82. The first kappa shape index (κ1) is 16.3. The van der Waals surface area contributed by atoms with Crippen LogP contribution in [-0.2, 0) is 11.3 Å². The van der Waals surface area contributed by atoms with Crippen molar-refractivity contribution in [3.63, 3.8) is 0 Å². The molecule has 25 heavy (non-hydrogen) atoms. The maximum absolute atomic E-state index is 10.4. The molecule has 0 spiro atoms. The molecule has 0 unspecified atom stereocenters. The number of rotatable bonds is 3. The van der Waals surface area contributed by atoms with Crippen LogP contribution < -0.4 is 0 Å². The fourth-order valence-electron chi connectivity index (χ4n) is 3.49. The summed E-state index contributed by atoms with van der Waals surface area (Å²) >= 11 is 0. The van der Waals surface area contributed by atoms with E-state index < -0.39 is 24.4 Å². The second-order valence-electron chi connectivity index (χ2n) is 6.52. The van der Waals surface area contributed by atoms with E-state index in [9.17, 15) is 15.3 Å². The molecule has 130 valence electrons. The SMILES string of the molecule is O[C@@H]1[C@@H](O)[C@H](c2cn(Cc3ccccc3)c3ccccc23)OC[C@H]1O. The van der Waals surface area contributed by atoms with Crippen molar-refractivity contribution in [2.24, 2.45) is 0 Å². The van der Waals surface area contributed by atoms with Crippen LogP contribution in [-0.4, -0.2) is 44.8 Å². The first-order valence-corrected chi connectivity index (χ1v) is 8.42. The lowest BCUT2D eigenvalue weighted by Gasteiger charge is -2.35. The highest BCUT2D eigenvalue weighted by atomic mass is 16.5. The van der Waals surface area contributed by atoms with Gasteiger partial charge in [-0.2, -0.15) is 0 Å². The first-order valence-electron chi connectivity index (χ1n) is 8.42. The van der Waals surface area contributed by atoms with Gasteiger partial charge in [-0.15, -0.1) is 0 Å². The molecule has 5 nitrogen and oxygen atoms in total. The zero-order valence-corrected chi connectivity index (χ0v) is 13.7. The van der Waals surface area contributed by atoms with Crippen molar-refractivity contribution in [3.05, 3.63) is 71.9 Å². The predicted molar refractivity (Wildman–Crippen MR) is 94.2 cm³/mol. The predicted octanol–water partition coefficient (Wildman–Crippen LogP) is 1.84. The van der Waals surface area contributed by atoms with Gasteiger partial charge in [0.05, 0.1) is 6.61 Å². The lowest BCUT2D eigenvalue weighted by molar-refractivity contribution is -0.188. The highest BCUT2D eigenvalue weighted by Gasteiger charge is 2.39. The number of aliphatic hydroxyl groups excluding tert-OH is 3. The van der Waals surface area contributed by atoms with Gasteiger partial charge in [-0.1, -0.05) is 48.5 Å². The summed E-state index contributed by atoms with van der Waals surface area (Å²) in [7, 11) is 0. The monoisotopic (exact) mass is 339 g/mol. The zero-order chi connectivity index (χ0) is 17.4. The van der Waals surface area contributed by atoms with Gasteiger partial charge in [-0.3, -0.25) is 0 Å². The van der Waals surface area contributed by atoms with E-state index in [4.69, 9.17) is 4.74 Å². The molecule has 4 atom stereocenters. The maximum atomic E-state index is 10.4. The van der Waals surface area contributed by atoms with Crippen molar-refractivity contribution in [2.45, 2.75) is 31.0 Å². The number of aromatic nitrogens is 1. The number of fused-ring (bicyclic) bond motifs is 1. The van der Waals surface area contributed by atoms with Crippen LogP contribution in [0.15, 0.2) is 60.8 Å². The van der Waals surface area contributed by atoms with Gasteiger partial charge in [0.2, 0.25) is 0 Å². The van der Waals surface area contributed by atoms with Gasteiger partial charge in [-0.25, -0.2) is 0 Å². The van der Waals surface area contributed by atoms with Crippen LogP contribution in [0.5, 0.6) is 0 Å². The molecule has 5 heteroatoms. The molecule has 0 aliphatic carbocycles. The Morgan fingerprint density at radius 3 is 2.44 bits per heavy atom. The molecule has 2 aromatic carbocycles. The average molecular weight is 339 g/mol. The van der Waals surface area contributed by atoms with Crippen LogP contribution in [0, 0.1) is 0 Å². The van der Waals surface area contributed by atoms with Crippen LogP contribution in [0.2, 0.25) is 0 Å². The fourth-order valence-corrected chi connectivity index (χ4v) is 3.49. The lowest BCUT2D eigenvalue weighted by Crippen LogP contribution is -2.48. The van der Waals surface area contributed by atoms with E-state index in [2.05, 4.69) is 16.7 Å².